The van der Waals surface area contributed by atoms with Gasteiger partial charge in [-0.3, -0.25) is 20.2 Å². The number of carbonyl (C=O) groups is 2. The fourth-order valence-electron chi connectivity index (χ4n) is 1.99. The molecule has 0 bridgehead atoms. The van der Waals surface area contributed by atoms with Crippen LogP contribution in [0.4, 0.5) is 10.5 Å². The summed E-state index contributed by atoms with van der Waals surface area (Å²) in [7, 11) is 0. The van der Waals surface area contributed by atoms with Crippen molar-refractivity contribution >= 4 is 52.5 Å². The fourth-order valence-corrected chi connectivity index (χ4v) is 3.63. The number of nitro groups is 1. The summed E-state index contributed by atoms with van der Waals surface area (Å²) in [5.41, 5.74) is -0.435. The number of hydrogen-bond acceptors (Lipinski definition) is 8. The topological polar surface area (TPSA) is 115 Å². The zero-order valence-corrected chi connectivity index (χ0v) is 16.7. The number of amides is 3. The Bertz CT molecular complexity index is 1050. The van der Waals surface area contributed by atoms with E-state index in [4.69, 9.17) is 16.4 Å². The Morgan fingerprint density at radius 2 is 1.93 bits per heavy atom. The number of thiophene rings is 1. The van der Waals surface area contributed by atoms with E-state index in [9.17, 15) is 19.7 Å². The van der Waals surface area contributed by atoms with Crippen molar-refractivity contribution in [3.8, 4) is 5.88 Å². The summed E-state index contributed by atoms with van der Waals surface area (Å²) in [5, 5.41) is 13.3. The van der Waals surface area contributed by atoms with Crippen molar-refractivity contribution in [2.75, 3.05) is 0 Å². The number of pyridine rings is 1. The van der Waals surface area contributed by atoms with Gasteiger partial charge in [-0.1, -0.05) is 34.3 Å². The molecular formula is C17H11ClN4O5S2. The Morgan fingerprint density at radius 3 is 2.59 bits per heavy atom. The molecule has 2 heterocycles. The SMILES string of the molecule is O=C(NC(=O)N(Oc1ncccc1[N+](=O)[O-])Sc1ccccc1)c1ccc(Cl)s1. The molecule has 0 fully saturated rings. The molecular weight excluding hydrogens is 440 g/mol. The third-order valence-corrected chi connectivity index (χ3v) is 5.35. The van der Waals surface area contributed by atoms with Crippen molar-refractivity contribution in [3.05, 3.63) is 80.1 Å². The molecule has 12 heteroatoms. The third-order valence-electron chi connectivity index (χ3n) is 3.23. The number of halogens is 1. The summed E-state index contributed by atoms with van der Waals surface area (Å²) in [6.45, 7) is 0. The predicted molar refractivity (Wildman–Crippen MR) is 108 cm³/mol. The van der Waals surface area contributed by atoms with Crippen molar-refractivity contribution in [1.82, 2.24) is 14.8 Å². The van der Waals surface area contributed by atoms with Gasteiger partial charge in [0.05, 0.1) is 14.1 Å². The Kier molecular flexibility index (Phi) is 6.65. The van der Waals surface area contributed by atoms with Crippen molar-refractivity contribution in [3.63, 3.8) is 0 Å². The molecule has 9 nitrogen and oxygen atoms in total. The molecule has 1 aromatic carbocycles. The second kappa shape index (κ2) is 9.37. The quantitative estimate of drug-likeness (QED) is 0.332. The van der Waals surface area contributed by atoms with Gasteiger partial charge in [-0.25, -0.2) is 9.78 Å². The first-order chi connectivity index (χ1) is 13.9. The van der Waals surface area contributed by atoms with Gasteiger partial charge in [0.2, 0.25) is 0 Å². The molecule has 0 atom stereocenters. The number of nitrogens with zero attached hydrogens (tertiary/aromatic N) is 3. The molecule has 0 unspecified atom stereocenters. The van der Waals surface area contributed by atoms with Crippen LogP contribution in [0.5, 0.6) is 5.88 Å². The first kappa shape index (κ1) is 20.6. The minimum atomic E-state index is -0.951. The molecule has 0 saturated carbocycles. The van der Waals surface area contributed by atoms with Gasteiger partial charge in [0.1, 0.15) is 0 Å². The normalized spacial score (nSPS) is 10.2. The van der Waals surface area contributed by atoms with E-state index in [1.54, 1.807) is 30.3 Å². The highest BCUT2D eigenvalue weighted by Gasteiger charge is 2.26. The van der Waals surface area contributed by atoms with Gasteiger partial charge in [-0.2, -0.15) is 0 Å². The lowest BCUT2D eigenvalue weighted by atomic mass is 10.4. The van der Waals surface area contributed by atoms with Gasteiger partial charge in [-0.15, -0.1) is 11.3 Å². The maximum atomic E-state index is 12.6. The van der Waals surface area contributed by atoms with Gasteiger partial charge in [0.25, 0.3) is 5.91 Å². The molecule has 0 saturated heterocycles. The van der Waals surface area contributed by atoms with Crippen LogP contribution >= 0.6 is 34.9 Å². The van der Waals surface area contributed by atoms with Crippen LogP contribution in [0.15, 0.2) is 65.7 Å². The maximum Gasteiger partial charge on any atom is 0.368 e. The second-order valence-corrected chi connectivity index (χ2v) is 7.90. The summed E-state index contributed by atoms with van der Waals surface area (Å²) in [5.74, 6) is -1.09. The van der Waals surface area contributed by atoms with Crippen LogP contribution in [0.2, 0.25) is 4.34 Å². The van der Waals surface area contributed by atoms with Crippen molar-refractivity contribution < 1.29 is 19.3 Å². The summed E-state index contributed by atoms with van der Waals surface area (Å²) in [4.78, 5) is 45.4. The first-order valence-electron chi connectivity index (χ1n) is 7.85. The van der Waals surface area contributed by atoms with Crippen LogP contribution in [-0.4, -0.2) is 26.3 Å². The smallest absolute Gasteiger partial charge is 0.336 e. The zero-order chi connectivity index (χ0) is 20.8. The van der Waals surface area contributed by atoms with Crippen molar-refractivity contribution in [2.24, 2.45) is 0 Å². The molecule has 29 heavy (non-hydrogen) atoms. The van der Waals surface area contributed by atoms with E-state index in [0.717, 1.165) is 23.3 Å². The van der Waals surface area contributed by atoms with Crippen LogP contribution in [0.3, 0.4) is 0 Å². The van der Waals surface area contributed by atoms with Gasteiger partial charge in [0.15, 0.2) is 0 Å². The summed E-state index contributed by atoms with van der Waals surface area (Å²) >= 11 is 7.62. The predicted octanol–water partition coefficient (Wildman–Crippen LogP) is 4.56. The van der Waals surface area contributed by atoms with Crippen LogP contribution < -0.4 is 10.2 Å². The van der Waals surface area contributed by atoms with Gasteiger partial charge in [0, 0.05) is 29.1 Å². The van der Waals surface area contributed by atoms with Crippen molar-refractivity contribution in [1.29, 1.82) is 0 Å². The van der Waals surface area contributed by atoms with Gasteiger partial charge >= 0.3 is 17.6 Å². The van der Waals surface area contributed by atoms with Crippen LogP contribution in [0.1, 0.15) is 9.67 Å². The Hall–Kier alpha value is -3.15. The Balaban J connectivity index is 1.83. The van der Waals surface area contributed by atoms with E-state index in [0.29, 0.717) is 13.7 Å². The molecule has 3 aromatic rings. The molecule has 0 radical (unpaired) electrons. The number of rotatable bonds is 6. The summed E-state index contributed by atoms with van der Waals surface area (Å²) in [6.07, 6.45) is 1.28. The molecule has 3 amide bonds. The number of imide groups is 1. The van der Waals surface area contributed by atoms with E-state index in [2.05, 4.69) is 10.3 Å². The average molecular weight is 451 g/mol. The maximum absolute atomic E-state index is 12.6. The van der Waals surface area contributed by atoms with Gasteiger partial charge in [-0.05, 0) is 30.3 Å². The highest BCUT2D eigenvalue weighted by molar-refractivity contribution is 7.97. The van der Waals surface area contributed by atoms with E-state index in [-0.39, 0.29) is 4.88 Å². The number of benzene rings is 1. The highest BCUT2D eigenvalue weighted by Crippen LogP contribution is 2.29. The molecule has 0 spiro atoms. The van der Waals surface area contributed by atoms with Crippen LogP contribution in [0, 0.1) is 10.1 Å². The molecule has 148 valence electrons. The third kappa shape index (κ3) is 5.44. The minimum Gasteiger partial charge on any atom is -0.336 e. The van der Waals surface area contributed by atoms with Crippen LogP contribution in [0.25, 0.3) is 0 Å². The Morgan fingerprint density at radius 1 is 1.17 bits per heavy atom. The van der Waals surface area contributed by atoms with Crippen LogP contribution in [-0.2, 0) is 0 Å². The van der Waals surface area contributed by atoms with Crippen molar-refractivity contribution in [2.45, 2.75) is 4.90 Å². The lowest BCUT2D eigenvalue weighted by molar-refractivity contribution is -0.386. The number of carbonyl (C=O) groups excluding carboxylic acids is 2. The average Bonchev–Trinajstić information content (AvgIpc) is 3.15. The number of hydrogen-bond donors (Lipinski definition) is 1. The summed E-state index contributed by atoms with van der Waals surface area (Å²) < 4.78 is 1.09. The second-order valence-electron chi connectivity index (χ2n) is 5.20. The van der Waals surface area contributed by atoms with Gasteiger partial charge < -0.3 is 4.84 Å². The first-order valence-corrected chi connectivity index (χ1v) is 9.82. The Labute approximate surface area is 177 Å². The number of nitrogens with one attached hydrogen (secondary N) is 1. The van der Waals surface area contributed by atoms with E-state index >= 15 is 0 Å². The monoisotopic (exact) mass is 450 g/mol. The minimum absolute atomic E-state index is 0.219. The lowest BCUT2D eigenvalue weighted by Crippen LogP contribution is -2.41. The van der Waals surface area contributed by atoms with E-state index < -0.39 is 28.4 Å². The number of hydroxylamine groups is 1. The number of urea groups is 1. The molecule has 2 aromatic heterocycles. The molecule has 1 N–H and O–H groups in total. The standard InChI is InChI=1S/C17H11ClN4O5S2/c18-14-9-8-13(28-14)15(23)20-17(24)22(29-11-5-2-1-3-6-11)27-16-12(21(25)26)7-4-10-19-16/h1-10H,(H,20,23,24). The molecule has 0 aliphatic carbocycles. The fraction of sp³-hybridized carbons (Fsp3) is 0. The summed E-state index contributed by atoms with van der Waals surface area (Å²) in [6, 6.07) is 13.2. The molecule has 0 aliphatic heterocycles. The van der Waals surface area contributed by atoms with E-state index in [1.165, 1.54) is 30.5 Å². The largest absolute Gasteiger partial charge is 0.368 e. The zero-order valence-electron chi connectivity index (χ0n) is 14.4. The van der Waals surface area contributed by atoms with E-state index in [1.807, 2.05) is 0 Å². The molecule has 0 aliphatic rings. The number of aromatic nitrogens is 1. The lowest BCUT2D eigenvalue weighted by Gasteiger charge is -2.19. The highest BCUT2D eigenvalue weighted by atomic mass is 35.5. The molecule has 3 rings (SSSR count).